The number of hydrogen-bond donors (Lipinski definition) is 0. The van der Waals surface area contributed by atoms with Crippen LogP contribution in [0.2, 0.25) is 0 Å². The third-order valence-corrected chi connectivity index (χ3v) is 6.15. The van der Waals surface area contributed by atoms with Crippen molar-refractivity contribution in [2.24, 2.45) is 9.98 Å². The van der Waals surface area contributed by atoms with E-state index in [2.05, 4.69) is 28.0 Å². The average Bonchev–Trinajstić information content (AvgIpc) is 3.62. The molecule has 1 aliphatic rings. The average molecular weight is 482 g/mol. The molecular formula is C26H31N3O4S. The summed E-state index contributed by atoms with van der Waals surface area (Å²) in [6, 6.07) is 7.41. The molecular weight excluding hydrogens is 450 g/mol. The highest BCUT2D eigenvalue weighted by Crippen LogP contribution is 2.25. The van der Waals surface area contributed by atoms with Gasteiger partial charge >= 0.3 is 0 Å². The third kappa shape index (κ3) is 8.04. The molecule has 0 N–H and O–H groups in total. The molecule has 1 saturated heterocycles. The molecule has 1 fully saturated rings. The van der Waals surface area contributed by atoms with Gasteiger partial charge in [-0.15, -0.1) is 0 Å². The lowest BCUT2D eigenvalue weighted by molar-refractivity contribution is -0.112. The first-order chi connectivity index (χ1) is 16.6. The fourth-order valence-corrected chi connectivity index (χ4v) is 4.19. The number of ether oxygens (including phenoxy) is 1. The topological polar surface area (TPSA) is 80.5 Å². The molecule has 1 atom stereocenters. The molecule has 0 spiro atoms. The highest BCUT2D eigenvalue weighted by molar-refractivity contribution is 8.03. The van der Waals surface area contributed by atoms with E-state index in [1.165, 1.54) is 30.8 Å². The van der Waals surface area contributed by atoms with Crippen LogP contribution in [0.15, 0.2) is 92.2 Å². The molecule has 0 aliphatic carbocycles. The number of thioether (sulfide) groups is 1. The van der Waals surface area contributed by atoms with E-state index >= 15 is 0 Å². The lowest BCUT2D eigenvalue weighted by Gasteiger charge is -2.16. The van der Waals surface area contributed by atoms with Gasteiger partial charge in [-0.2, -0.15) is 0 Å². The van der Waals surface area contributed by atoms with Gasteiger partial charge in [0.1, 0.15) is 11.5 Å². The number of likely N-dealkylation sites (tertiary alicyclic amines) is 1. The highest BCUT2D eigenvalue weighted by atomic mass is 32.2. The predicted molar refractivity (Wildman–Crippen MR) is 137 cm³/mol. The number of allylic oxidation sites excluding steroid dienone is 2. The summed E-state index contributed by atoms with van der Waals surface area (Å²) in [6.45, 7) is 10.3. The van der Waals surface area contributed by atoms with Crippen molar-refractivity contribution in [3.63, 3.8) is 0 Å². The second kappa shape index (κ2) is 13.6. The minimum absolute atomic E-state index is 0.0546. The zero-order chi connectivity index (χ0) is 24.2. The maximum atomic E-state index is 12.6. The Bertz CT molecular complexity index is 1020. The molecule has 2 aromatic heterocycles. The molecule has 0 aromatic carbocycles. The lowest BCUT2D eigenvalue weighted by Crippen LogP contribution is -2.28. The Balaban J connectivity index is 1.54. The summed E-state index contributed by atoms with van der Waals surface area (Å²) < 4.78 is 16.9. The number of furan rings is 2. The molecule has 0 saturated carbocycles. The number of nitrogens with zero attached hydrogens (tertiary/aromatic N) is 3. The number of carbonyl (C=O) groups is 1. The monoisotopic (exact) mass is 481 g/mol. The van der Waals surface area contributed by atoms with Gasteiger partial charge in [0.25, 0.3) is 0 Å². The van der Waals surface area contributed by atoms with Crippen molar-refractivity contribution in [3.05, 3.63) is 84.9 Å². The summed E-state index contributed by atoms with van der Waals surface area (Å²) in [5.41, 5.74) is 0.798. The van der Waals surface area contributed by atoms with Gasteiger partial charge in [-0.25, -0.2) is 4.99 Å². The van der Waals surface area contributed by atoms with Crippen LogP contribution in [0.3, 0.4) is 0 Å². The van der Waals surface area contributed by atoms with E-state index < -0.39 is 0 Å². The minimum atomic E-state index is -0.154. The van der Waals surface area contributed by atoms with Crippen LogP contribution >= 0.6 is 11.8 Å². The zero-order valence-electron chi connectivity index (χ0n) is 19.5. The quantitative estimate of drug-likeness (QED) is 0.164. The predicted octanol–water partition coefficient (Wildman–Crippen LogP) is 5.45. The minimum Gasteiger partial charge on any atom is -0.469 e. The van der Waals surface area contributed by atoms with Gasteiger partial charge in [0, 0.05) is 25.6 Å². The molecule has 3 heterocycles. The molecule has 180 valence electrons. The molecule has 2 aromatic rings. The van der Waals surface area contributed by atoms with Crippen LogP contribution in [-0.2, 0) is 9.53 Å². The second-order valence-electron chi connectivity index (χ2n) is 7.75. The van der Waals surface area contributed by atoms with Gasteiger partial charge in [0.2, 0.25) is 5.90 Å². The Kier molecular flexibility index (Phi) is 10.2. The normalized spacial score (nSPS) is 16.1. The summed E-state index contributed by atoms with van der Waals surface area (Å²) in [5, 5.41) is 0.433. The van der Waals surface area contributed by atoms with Crippen LogP contribution in [0, 0.1) is 0 Å². The van der Waals surface area contributed by atoms with Crippen molar-refractivity contribution < 1.29 is 18.4 Å². The fourth-order valence-electron chi connectivity index (χ4n) is 3.64. The molecule has 0 amide bonds. The molecule has 7 nitrogen and oxygen atoms in total. The van der Waals surface area contributed by atoms with Gasteiger partial charge in [-0.05, 0) is 62.9 Å². The van der Waals surface area contributed by atoms with Crippen molar-refractivity contribution in [2.75, 3.05) is 32.4 Å². The number of rotatable bonds is 13. The Morgan fingerprint density at radius 1 is 1.26 bits per heavy atom. The molecule has 0 bridgehead atoms. The largest absolute Gasteiger partial charge is 0.469 e. The van der Waals surface area contributed by atoms with Crippen LogP contribution in [0.1, 0.15) is 36.7 Å². The summed E-state index contributed by atoms with van der Waals surface area (Å²) >= 11 is 1.25. The van der Waals surface area contributed by atoms with Gasteiger partial charge in [0.05, 0.1) is 30.5 Å². The Morgan fingerprint density at radius 2 is 2.03 bits per heavy atom. The molecule has 3 rings (SSSR count). The molecule has 1 aliphatic heterocycles. The number of aliphatic imine (C=N–C) groups is 2. The second-order valence-corrected chi connectivity index (χ2v) is 8.78. The Labute approximate surface area is 205 Å². The number of ketones is 1. The van der Waals surface area contributed by atoms with Crippen molar-refractivity contribution in [1.29, 1.82) is 0 Å². The van der Waals surface area contributed by atoms with Crippen molar-refractivity contribution in [1.82, 2.24) is 4.90 Å². The van der Waals surface area contributed by atoms with Crippen LogP contribution in [0.25, 0.3) is 0 Å². The summed E-state index contributed by atoms with van der Waals surface area (Å²) in [4.78, 5) is 23.4. The first-order valence-electron chi connectivity index (χ1n) is 11.2. The van der Waals surface area contributed by atoms with Gasteiger partial charge < -0.3 is 13.6 Å². The Hall–Kier alpha value is -3.10. The van der Waals surface area contributed by atoms with Crippen molar-refractivity contribution in [3.8, 4) is 0 Å². The standard InChI is InChI=1S/C26H31N3O4S/c1-4-28-26(18-29-13-5-6-14-29)33-20(2)34-19-22(30)12-11-21(24-9-7-15-31-24)17-23(27-3)25-10-8-16-32-25/h4,7-12,15-16,21H,1-2,5-6,13-14,17-19H2,3H3/b12-11-,27-23?,28-26?. The molecule has 0 radical (unpaired) electrons. The van der Waals surface area contributed by atoms with Gasteiger partial charge in [0.15, 0.2) is 10.9 Å². The van der Waals surface area contributed by atoms with Crippen LogP contribution in [-0.4, -0.2) is 54.7 Å². The van der Waals surface area contributed by atoms with E-state index in [0.29, 0.717) is 29.7 Å². The van der Waals surface area contributed by atoms with Crippen LogP contribution in [0.5, 0.6) is 0 Å². The highest BCUT2D eigenvalue weighted by Gasteiger charge is 2.18. The van der Waals surface area contributed by atoms with E-state index in [9.17, 15) is 4.79 Å². The lowest BCUT2D eigenvalue weighted by atomic mass is 9.97. The maximum absolute atomic E-state index is 12.6. The van der Waals surface area contributed by atoms with Crippen LogP contribution in [0.4, 0.5) is 0 Å². The first kappa shape index (κ1) is 25.5. The SMILES string of the molecule is C=CN=C(CN1CCCC1)OC(=C)SCC(=O)/C=C\C(CC(=NC)c1ccco1)c1ccco1. The Morgan fingerprint density at radius 3 is 2.68 bits per heavy atom. The van der Waals surface area contributed by atoms with E-state index in [0.717, 1.165) is 24.6 Å². The first-order valence-corrected chi connectivity index (χ1v) is 12.2. The van der Waals surface area contributed by atoms with E-state index in [4.69, 9.17) is 13.6 Å². The van der Waals surface area contributed by atoms with E-state index in [-0.39, 0.29) is 17.5 Å². The molecule has 1 unspecified atom stereocenters. The van der Waals surface area contributed by atoms with Crippen molar-refractivity contribution in [2.45, 2.75) is 25.2 Å². The zero-order valence-corrected chi connectivity index (χ0v) is 20.3. The van der Waals surface area contributed by atoms with E-state index in [1.807, 2.05) is 30.3 Å². The van der Waals surface area contributed by atoms with Crippen molar-refractivity contribution >= 4 is 29.2 Å². The summed E-state index contributed by atoms with van der Waals surface area (Å²) in [5.74, 6) is 2.00. The fraction of sp³-hybridized carbons (Fsp3) is 0.346. The smallest absolute Gasteiger partial charge is 0.209 e. The van der Waals surface area contributed by atoms with Crippen LogP contribution < -0.4 is 0 Å². The molecule has 8 heteroatoms. The van der Waals surface area contributed by atoms with E-state index in [1.54, 1.807) is 25.7 Å². The summed E-state index contributed by atoms with van der Waals surface area (Å²) in [7, 11) is 1.72. The van der Waals surface area contributed by atoms with Gasteiger partial charge in [-0.1, -0.05) is 24.4 Å². The summed E-state index contributed by atoms with van der Waals surface area (Å²) in [6.07, 6.45) is 11.0. The number of hydrogen-bond acceptors (Lipinski definition) is 8. The van der Waals surface area contributed by atoms with Gasteiger partial charge in [-0.3, -0.25) is 14.7 Å². The molecule has 34 heavy (non-hydrogen) atoms. The number of carbonyl (C=O) groups excluding carboxylic acids is 1. The third-order valence-electron chi connectivity index (χ3n) is 5.31. The maximum Gasteiger partial charge on any atom is 0.209 e.